The van der Waals surface area contributed by atoms with Gasteiger partial charge in [-0.25, -0.2) is 4.98 Å². The minimum absolute atomic E-state index is 0.667. The van der Waals surface area contributed by atoms with E-state index in [1.807, 2.05) is 13.8 Å². The van der Waals surface area contributed by atoms with Gasteiger partial charge >= 0.3 is 0 Å². The van der Waals surface area contributed by atoms with E-state index in [-0.39, 0.29) is 0 Å². The number of benzene rings is 1. The zero-order chi connectivity index (χ0) is 12.3. The molecule has 4 heteroatoms. The second-order valence-corrected chi connectivity index (χ2v) is 5.22. The van der Waals surface area contributed by atoms with Gasteiger partial charge in [0.1, 0.15) is 5.76 Å². The SMILES string of the molecule is Cc1nc(CNCc2ccc(I)cc2)oc1C. The lowest BCUT2D eigenvalue weighted by Gasteiger charge is -2.02. The first kappa shape index (κ1) is 12.6. The van der Waals surface area contributed by atoms with Gasteiger partial charge in [0.15, 0.2) is 0 Å². The highest BCUT2D eigenvalue weighted by Gasteiger charge is 2.04. The molecule has 1 aromatic carbocycles. The highest BCUT2D eigenvalue weighted by molar-refractivity contribution is 14.1. The van der Waals surface area contributed by atoms with Crippen molar-refractivity contribution in [2.45, 2.75) is 26.9 Å². The van der Waals surface area contributed by atoms with Crippen molar-refractivity contribution < 1.29 is 4.42 Å². The van der Waals surface area contributed by atoms with Gasteiger partial charge in [-0.05, 0) is 54.1 Å². The number of hydrogen-bond donors (Lipinski definition) is 1. The molecule has 0 unspecified atom stereocenters. The monoisotopic (exact) mass is 342 g/mol. The van der Waals surface area contributed by atoms with Gasteiger partial charge in [-0.1, -0.05) is 12.1 Å². The van der Waals surface area contributed by atoms with E-state index in [1.165, 1.54) is 9.13 Å². The van der Waals surface area contributed by atoms with Crippen LogP contribution in [-0.4, -0.2) is 4.98 Å². The summed E-state index contributed by atoms with van der Waals surface area (Å²) in [4.78, 5) is 4.33. The van der Waals surface area contributed by atoms with Crippen LogP contribution in [0.15, 0.2) is 28.7 Å². The number of oxazole rings is 1. The fourth-order valence-electron chi connectivity index (χ4n) is 1.53. The van der Waals surface area contributed by atoms with Gasteiger partial charge in [0, 0.05) is 10.1 Å². The van der Waals surface area contributed by atoms with Crippen LogP contribution in [0.4, 0.5) is 0 Å². The third-order valence-corrected chi connectivity index (χ3v) is 3.31. The lowest BCUT2D eigenvalue weighted by atomic mass is 10.2. The third kappa shape index (κ3) is 3.54. The molecule has 0 atom stereocenters. The van der Waals surface area contributed by atoms with E-state index in [4.69, 9.17) is 4.42 Å². The van der Waals surface area contributed by atoms with Crippen molar-refractivity contribution in [3.63, 3.8) is 0 Å². The van der Waals surface area contributed by atoms with Crippen LogP contribution in [0.2, 0.25) is 0 Å². The van der Waals surface area contributed by atoms with E-state index in [9.17, 15) is 0 Å². The summed E-state index contributed by atoms with van der Waals surface area (Å²) in [7, 11) is 0. The maximum absolute atomic E-state index is 5.50. The van der Waals surface area contributed by atoms with Crippen molar-refractivity contribution in [3.8, 4) is 0 Å². The van der Waals surface area contributed by atoms with Crippen molar-refractivity contribution >= 4 is 22.6 Å². The largest absolute Gasteiger partial charge is 0.444 e. The predicted octanol–water partition coefficient (Wildman–Crippen LogP) is 3.19. The number of nitrogens with zero attached hydrogens (tertiary/aromatic N) is 1. The minimum atomic E-state index is 0.667. The molecule has 1 heterocycles. The van der Waals surface area contributed by atoms with Crippen molar-refractivity contribution in [1.82, 2.24) is 10.3 Å². The van der Waals surface area contributed by atoms with Crippen molar-refractivity contribution in [3.05, 3.63) is 50.7 Å². The van der Waals surface area contributed by atoms with Crippen molar-refractivity contribution in [2.24, 2.45) is 0 Å². The molecule has 0 fully saturated rings. The Balaban J connectivity index is 1.85. The van der Waals surface area contributed by atoms with Gasteiger partial charge < -0.3 is 9.73 Å². The molecule has 2 aromatic rings. The molecule has 0 amide bonds. The lowest BCUT2D eigenvalue weighted by molar-refractivity contribution is 0.448. The third-order valence-electron chi connectivity index (χ3n) is 2.59. The van der Waals surface area contributed by atoms with E-state index in [2.05, 4.69) is 57.2 Å². The molecule has 0 aliphatic rings. The predicted molar refractivity (Wildman–Crippen MR) is 75.7 cm³/mol. The molecule has 17 heavy (non-hydrogen) atoms. The van der Waals surface area contributed by atoms with Crippen LogP contribution in [0.1, 0.15) is 22.9 Å². The number of hydrogen-bond acceptors (Lipinski definition) is 3. The number of halogens is 1. The molecule has 0 saturated carbocycles. The second kappa shape index (κ2) is 5.64. The average molecular weight is 342 g/mol. The zero-order valence-electron chi connectivity index (χ0n) is 9.96. The molecular formula is C13H15IN2O. The number of nitrogens with one attached hydrogen (secondary N) is 1. The summed E-state index contributed by atoms with van der Waals surface area (Å²) in [5.41, 5.74) is 2.24. The highest BCUT2D eigenvalue weighted by Crippen LogP contribution is 2.09. The van der Waals surface area contributed by atoms with E-state index < -0.39 is 0 Å². The second-order valence-electron chi connectivity index (χ2n) is 3.98. The van der Waals surface area contributed by atoms with Crippen molar-refractivity contribution in [2.75, 3.05) is 0 Å². The highest BCUT2D eigenvalue weighted by atomic mass is 127. The maximum atomic E-state index is 5.50. The normalized spacial score (nSPS) is 10.8. The minimum Gasteiger partial charge on any atom is -0.444 e. The molecule has 0 saturated heterocycles. The standard InChI is InChI=1S/C13H15IN2O/c1-9-10(2)17-13(16-9)8-15-7-11-3-5-12(14)6-4-11/h3-6,15H,7-8H2,1-2H3. The first-order valence-electron chi connectivity index (χ1n) is 5.53. The molecule has 0 aliphatic carbocycles. The van der Waals surface area contributed by atoms with Gasteiger partial charge in [-0.15, -0.1) is 0 Å². The Morgan fingerprint density at radius 1 is 1.18 bits per heavy atom. The Kier molecular flexibility index (Phi) is 4.17. The molecule has 3 nitrogen and oxygen atoms in total. The van der Waals surface area contributed by atoms with E-state index in [0.717, 1.165) is 23.9 Å². The molecule has 0 aliphatic heterocycles. The summed E-state index contributed by atoms with van der Waals surface area (Å²) in [6.07, 6.45) is 0. The van der Waals surface area contributed by atoms with Gasteiger partial charge in [0.25, 0.3) is 0 Å². The molecule has 90 valence electrons. The van der Waals surface area contributed by atoms with Crippen molar-refractivity contribution in [1.29, 1.82) is 0 Å². The van der Waals surface area contributed by atoms with Gasteiger partial charge in [0.05, 0.1) is 12.2 Å². The summed E-state index contributed by atoms with van der Waals surface area (Å²) in [5, 5.41) is 3.32. The van der Waals surface area contributed by atoms with Crippen LogP contribution in [0, 0.1) is 17.4 Å². The average Bonchev–Trinajstić information content (AvgIpc) is 2.61. The summed E-state index contributed by atoms with van der Waals surface area (Å²) in [6, 6.07) is 8.47. The molecule has 0 radical (unpaired) electrons. The topological polar surface area (TPSA) is 38.1 Å². The van der Waals surface area contributed by atoms with Gasteiger partial charge in [-0.2, -0.15) is 0 Å². The van der Waals surface area contributed by atoms with Gasteiger partial charge in [0.2, 0.25) is 5.89 Å². The summed E-state index contributed by atoms with van der Waals surface area (Å²) < 4.78 is 6.75. The number of aryl methyl sites for hydroxylation is 2. The molecule has 1 N–H and O–H groups in total. The quantitative estimate of drug-likeness (QED) is 0.868. The molecule has 0 spiro atoms. The first-order chi connectivity index (χ1) is 8.15. The van der Waals surface area contributed by atoms with E-state index in [0.29, 0.717) is 6.54 Å². The van der Waals surface area contributed by atoms with E-state index in [1.54, 1.807) is 0 Å². The van der Waals surface area contributed by atoms with Crippen LogP contribution in [0.3, 0.4) is 0 Å². The Bertz CT molecular complexity index is 471. The Morgan fingerprint density at radius 3 is 2.47 bits per heavy atom. The fraction of sp³-hybridized carbons (Fsp3) is 0.308. The number of rotatable bonds is 4. The Labute approximate surface area is 115 Å². The molecular weight excluding hydrogens is 327 g/mol. The number of aromatic nitrogens is 1. The Morgan fingerprint density at radius 2 is 1.88 bits per heavy atom. The van der Waals surface area contributed by atoms with Gasteiger partial charge in [-0.3, -0.25) is 0 Å². The van der Waals surface area contributed by atoms with E-state index >= 15 is 0 Å². The smallest absolute Gasteiger partial charge is 0.208 e. The van der Waals surface area contributed by atoms with Crippen LogP contribution in [0.5, 0.6) is 0 Å². The van der Waals surface area contributed by atoms with Crippen LogP contribution in [0.25, 0.3) is 0 Å². The fourth-order valence-corrected chi connectivity index (χ4v) is 1.89. The van der Waals surface area contributed by atoms with Crippen LogP contribution in [-0.2, 0) is 13.1 Å². The summed E-state index contributed by atoms with van der Waals surface area (Å²) in [6.45, 7) is 5.39. The van der Waals surface area contributed by atoms with Crippen LogP contribution >= 0.6 is 22.6 Å². The molecule has 2 rings (SSSR count). The zero-order valence-corrected chi connectivity index (χ0v) is 12.1. The molecule has 0 bridgehead atoms. The first-order valence-corrected chi connectivity index (χ1v) is 6.61. The lowest BCUT2D eigenvalue weighted by Crippen LogP contribution is -2.12. The maximum Gasteiger partial charge on any atom is 0.208 e. The summed E-state index contributed by atoms with van der Waals surface area (Å²) in [5.74, 6) is 1.65. The molecule has 1 aromatic heterocycles. The Hall–Kier alpha value is -0.880. The van der Waals surface area contributed by atoms with Crippen LogP contribution < -0.4 is 5.32 Å². The summed E-state index contributed by atoms with van der Waals surface area (Å²) >= 11 is 2.30.